The summed E-state index contributed by atoms with van der Waals surface area (Å²) in [5.41, 5.74) is 11.4. The fraction of sp³-hybridized carbons (Fsp3) is 0.500. The van der Waals surface area contributed by atoms with Gasteiger partial charge in [0.25, 0.3) is 0 Å². The first-order valence-electron chi connectivity index (χ1n) is 7.91. The van der Waals surface area contributed by atoms with Gasteiger partial charge in [-0.15, -0.1) is 11.3 Å². The van der Waals surface area contributed by atoms with Crippen molar-refractivity contribution >= 4 is 11.3 Å². The van der Waals surface area contributed by atoms with E-state index < -0.39 is 0 Å². The zero-order valence-electron chi connectivity index (χ0n) is 13.0. The Morgan fingerprint density at radius 2 is 1.81 bits per heavy atom. The molecule has 112 valence electrons. The van der Waals surface area contributed by atoms with Gasteiger partial charge < -0.3 is 5.73 Å². The molecule has 1 aromatic carbocycles. The van der Waals surface area contributed by atoms with Crippen LogP contribution in [-0.4, -0.2) is 4.98 Å². The summed E-state index contributed by atoms with van der Waals surface area (Å²) in [5, 5.41) is 3.30. The molecule has 3 heteroatoms. The first-order valence-corrected chi connectivity index (χ1v) is 8.79. The molecule has 1 aliphatic carbocycles. The van der Waals surface area contributed by atoms with Gasteiger partial charge in [0.05, 0.1) is 11.2 Å². The van der Waals surface area contributed by atoms with E-state index in [2.05, 4.69) is 37.4 Å². The predicted octanol–water partition coefficient (Wildman–Crippen LogP) is 4.94. The molecule has 1 saturated carbocycles. The van der Waals surface area contributed by atoms with Crippen LogP contribution in [0.25, 0.3) is 11.3 Å². The predicted molar refractivity (Wildman–Crippen MR) is 90.6 cm³/mol. The van der Waals surface area contributed by atoms with Crippen molar-refractivity contribution in [3.63, 3.8) is 0 Å². The standard InChI is InChI=1S/C18H24N2S/c1-13-7-8-15(14(2)11-13)16-12-21-17(20-16)18(19)9-5-3-4-6-10-18/h7-8,11-12H,3-6,9-10,19H2,1-2H3. The summed E-state index contributed by atoms with van der Waals surface area (Å²) < 4.78 is 0. The summed E-state index contributed by atoms with van der Waals surface area (Å²) in [7, 11) is 0. The van der Waals surface area contributed by atoms with Gasteiger partial charge >= 0.3 is 0 Å². The fourth-order valence-electron chi connectivity index (χ4n) is 3.30. The number of nitrogens with zero attached hydrogens (tertiary/aromatic N) is 1. The second-order valence-corrected chi connectivity index (χ2v) is 7.28. The number of rotatable bonds is 2. The Morgan fingerprint density at radius 3 is 2.48 bits per heavy atom. The van der Waals surface area contributed by atoms with E-state index in [9.17, 15) is 0 Å². The molecule has 2 aromatic rings. The van der Waals surface area contributed by atoms with E-state index in [4.69, 9.17) is 10.7 Å². The average molecular weight is 300 g/mol. The van der Waals surface area contributed by atoms with Gasteiger partial charge in [-0.3, -0.25) is 0 Å². The van der Waals surface area contributed by atoms with E-state index in [-0.39, 0.29) is 5.54 Å². The summed E-state index contributed by atoms with van der Waals surface area (Å²) in [6.07, 6.45) is 7.24. The van der Waals surface area contributed by atoms with Crippen molar-refractivity contribution in [1.82, 2.24) is 4.98 Å². The first kappa shape index (κ1) is 14.7. The Hall–Kier alpha value is -1.19. The molecule has 1 aliphatic rings. The van der Waals surface area contributed by atoms with Crippen molar-refractivity contribution in [1.29, 1.82) is 0 Å². The quantitative estimate of drug-likeness (QED) is 0.798. The van der Waals surface area contributed by atoms with Crippen LogP contribution in [0.4, 0.5) is 0 Å². The van der Waals surface area contributed by atoms with E-state index in [1.165, 1.54) is 42.4 Å². The lowest BCUT2D eigenvalue weighted by Gasteiger charge is -2.25. The molecular weight excluding hydrogens is 276 g/mol. The normalized spacial score (nSPS) is 18.4. The number of nitrogens with two attached hydrogens (primary N) is 1. The lowest BCUT2D eigenvalue weighted by molar-refractivity contribution is 0.384. The summed E-state index contributed by atoms with van der Waals surface area (Å²) in [4.78, 5) is 4.90. The summed E-state index contributed by atoms with van der Waals surface area (Å²) in [6, 6.07) is 6.56. The molecule has 1 fully saturated rings. The van der Waals surface area contributed by atoms with Crippen LogP contribution in [-0.2, 0) is 5.54 Å². The highest BCUT2D eigenvalue weighted by Gasteiger charge is 2.31. The van der Waals surface area contributed by atoms with Crippen LogP contribution in [0.2, 0.25) is 0 Å². The van der Waals surface area contributed by atoms with Gasteiger partial charge in [-0.2, -0.15) is 0 Å². The molecule has 0 spiro atoms. The van der Waals surface area contributed by atoms with E-state index >= 15 is 0 Å². The van der Waals surface area contributed by atoms with Gasteiger partial charge in [0.1, 0.15) is 5.01 Å². The second kappa shape index (κ2) is 5.90. The van der Waals surface area contributed by atoms with Crippen molar-refractivity contribution in [3.05, 3.63) is 39.7 Å². The number of hydrogen-bond acceptors (Lipinski definition) is 3. The Balaban J connectivity index is 1.92. The van der Waals surface area contributed by atoms with Crippen LogP contribution in [0, 0.1) is 13.8 Å². The molecule has 0 bridgehead atoms. The van der Waals surface area contributed by atoms with Gasteiger partial charge in [0.15, 0.2) is 0 Å². The molecular formula is C18H24N2S. The number of aromatic nitrogens is 1. The monoisotopic (exact) mass is 300 g/mol. The SMILES string of the molecule is Cc1ccc(-c2csc(C3(N)CCCCCC3)n2)c(C)c1. The molecule has 0 radical (unpaired) electrons. The molecule has 0 aliphatic heterocycles. The summed E-state index contributed by atoms with van der Waals surface area (Å²) in [5.74, 6) is 0. The minimum Gasteiger partial charge on any atom is -0.319 e. The zero-order valence-corrected chi connectivity index (χ0v) is 13.8. The molecule has 21 heavy (non-hydrogen) atoms. The molecule has 2 nitrogen and oxygen atoms in total. The minimum atomic E-state index is -0.196. The highest BCUT2D eigenvalue weighted by Crippen LogP contribution is 2.37. The Labute approximate surface area is 131 Å². The average Bonchev–Trinajstić information content (AvgIpc) is 2.83. The fourth-order valence-corrected chi connectivity index (χ4v) is 4.29. The van der Waals surface area contributed by atoms with Crippen LogP contribution in [0.15, 0.2) is 23.6 Å². The minimum absolute atomic E-state index is 0.196. The molecule has 0 amide bonds. The highest BCUT2D eigenvalue weighted by molar-refractivity contribution is 7.10. The molecule has 0 saturated heterocycles. The third-order valence-electron chi connectivity index (χ3n) is 4.58. The third-order valence-corrected chi connectivity index (χ3v) is 5.65. The van der Waals surface area contributed by atoms with Crippen LogP contribution in [0.1, 0.15) is 54.7 Å². The maximum atomic E-state index is 6.68. The van der Waals surface area contributed by atoms with E-state index in [0.29, 0.717) is 0 Å². The van der Waals surface area contributed by atoms with Crippen LogP contribution in [0.3, 0.4) is 0 Å². The third kappa shape index (κ3) is 3.04. The van der Waals surface area contributed by atoms with Crippen molar-refractivity contribution in [2.75, 3.05) is 0 Å². The first-order chi connectivity index (χ1) is 10.1. The smallest absolute Gasteiger partial charge is 0.113 e. The maximum Gasteiger partial charge on any atom is 0.113 e. The number of hydrogen-bond donors (Lipinski definition) is 1. The summed E-state index contributed by atoms with van der Waals surface area (Å²) >= 11 is 1.74. The van der Waals surface area contributed by atoms with Crippen molar-refractivity contribution < 1.29 is 0 Å². The molecule has 0 atom stereocenters. The van der Waals surface area contributed by atoms with Crippen molar-refractivity contribution in [2.24, 2.45) is 5.73 Å². The Bertz CT molecular complexity index is 622. The van der Waals surface area contributed by atoms with Crippen LogP contribution >= 0.6 is 11.3 Å². The topological polar surface area (TPSA) is 38.9 Å². The highest BCUT2D eigenvalue weighted by atomic mass is 32.1. The van der Waals surface area contributed by atoms with Crippen molar-refractivity contribution in [3.8, 4) is 11.3 Å². The molecule has 1 heterocycles. The number of thiazole rings is 1. The van der Waals surface area contributed by atoms with E-state index in [1.54, 1.807) is 11.3 Å². The molecule has 0 unspecified atom stereocenters. The number of benzene rings is 1. The molecule has 3 rings (SSSR count). The molecule has 1 aromatic heterocycles. The zero-order chi connectivity index (χ0) is 14.9. The summed E-state index contributed by atoms with van der Waals surface area (Å²) in [6.45, 7) is 4.29. The lowest BCUT2D eigenvalue weighted by Crippen LogP contribution is -2.35. The van der Waals surface area contributed by atoms with Crippen LogP contribution < -0.4 is 5.73 Å². The van der Waals surface area contributed by atoms with Crippen LogP contribution in [0.5, 0.6) is 0 Å². The van der Waals surface area contributed by atoms with E-state index in [1.807, 2.05) is 0 Å². The number of aryl methyl sites for hydroxylation is 2. The Kier molecular flexibility index (Phi) is 4.14. The van der Waals surface area contributed by atoms with Crippen molar-refractivity contribution in [2.45, 2.75) is 57.9 Å². The lowest BCUT2D eigenvalue weighted by atomic mass is 9.92. The maximum absolute atomic E-state index is 6.68. The van der Waals surface area contributed by atoms with Gasteiger partial charge in [0.2, 0.25) is 0 Å². The molecule has 2 N–H and O–H groups in total. The van der Waals surface area contributed by atoms with Gasteiger partial charge in [-0.1, -0.05) is 49.4 Å². The van der Waals surface area contributed by atoms with Gasteiger partial charge in [0, 0.05) is 10.9 Å². The van der Waals surface area contributed by atoms with Gasteiger partial charge in [-0.25, -0.2) is 4.98 Å². The van der Waals surface area contributed by atoms with Gasteiger partial charge in [-0.05, 0) is 32.3 Å². The second-order valence-electron chi connectivity index (χ2n) is 6.43. The largest absolute Gasteiger partial charge is 0.319 e. The Morgan fingerprint density at radius 1 is 1.10 bits per heavy atom. The van der Waals surface area contributed by atoms with E-state index in [0.717, 1.165) is 23.5 Å².